The average Bonchev–Trinajstić information content (AvgIpc) is 2.65. The van der Waals surface area contributed by atoms with Crippen LogP contribution in [0.2, 0.25) is 0 Å². The molecule has 1 atom stereocenters. The van der Waals surface area contributed by atoms with Gasteiger partial charge in [-0.15, -0.1) is 0 Å². The molecular formula is C10H16N2O2. The number of hydrogen-bond donors (Lipinski definition) is 2. The SMILES string of the molecule is CC(C#CC1CCCC1)N(O)C(N)=O. The number of primary amides is 1. The summed E-state index contributed by atoms with van der Waals surface area (Å²) in [5.41, 5.74) is 4.89. The minimum Gasteiger partial charge on any atom is -0.350 e. The van der Waals surface area contributed by atoms with E-state index in [1.54, 1.807) is 6.92 Å². The van der Waals surface area contributed by atoms with Crippen molar-refractivity contribution >= 4 is 6.03 Å². The van der Waals surface area contributed by atoms with Crippen molar-refractivity contribution in [2.24, 2.45) is 11.7 Å². The highest BCUT2D eigenvalue weighted by atomic mass is 16.5. The number of hydrogen-bond acceptors (Lipinski definition) is 2. The van der Waals surface area contributed by atoms with Gasteiger partial charge < -0.3 is 5.73 Å². The Bertz CT molecular complexity index is 261. The average molecular weight is 196 g/mol. The molecule has 4 heteroatoms. The first-order chi connectivity index (χ1) is 6.61. The Hall–Kier alpha value is -1.21. The fraction of sp³-hybridized carbons (Fsp3) is 0.700. The maximum absolute atomic E-state index is 10.6. The van der Waals surface area contributed by atoms with E-state index in [4.69, 9.17) is 10.9 Å². The Balaban J connectivity index is 2.45. The van der Waals surface area contributed by atoms with Gasteiger partial charge in [0, 0.05) is 5.92 Å². The molecule has 1 unspecified atom stereocenters. The molecule has 1 saturated carbocycles. The van der Waals surface area contributed by atoms with E-state index in [1.807, 2.05) is 0 Å². The van der Waals surface area contributed by atoms with E-state index in [2.05, 4.69) is 11.8 Å². The van der Waals surface area contributed by atoms with Crippen LogP contribution in [-0.2, 0) is 0 Å². The van der Waals surface area contributed by atoms with Crippen molar-refractivity contribution in [3.05, 3.63) is 0 Å². The van der Waals surface area contributed by atoms with Crippen LogP contribution in [0, 0.1) is 17.8 Å². The van der Waals surface area contributed by atoms with Crippen LogP contribution in [0.5, 0.6) is 0 Å². The fourth-order valence-electron chi connectivity index (χ4n) is 1.56. The van der Waals surface area contributed by atoms with Gasteiger partial charge in [0.1, 0.15) is 6.04 Å². The molecule has 78 valence electrons. The Kier molecular flexibility index (Phi) is 3.78. The Morgan fingerprint density at radius 2 is 2.14 bits per heavy atom. The summed E-state index contributed by atoms with van der Waals surface area (Å²) in [5.74, 6) is 6.32. The summed E-state index contributed by atoms with van der Waals surface area (Å²) in [4.78, 5) is 10.6. The predicted molar refractivity (Wildman–Crippen MR) is 52.4 cm³/mol. The standard InChI is InChI=1S/C10H16N2O2/c1-8(12(14)10(11)13)6-7-9-4-2-3-5-9/h8-9,14H,2-5H2,1H3,(H2,11,13). The van der Waals surface area contributed by atoms with Gasteiger partial charge in [-0.1, -0.05) is 24.7 Å². The molecule has 0 aliphatic heterocycles. The summed E-state index contributed by atoms with van der Waals surface area (Å²) < 4.78 is 0. The van der Waals surface area contributed by atoms with Crippen LogP contribution in [0.3, 0.4) is 0 Å². The second-order valence-electron chi connectivity index (χ2n) is 3.63. The molecule has 3 N–H and O–H groups in total. The van der Waals surface area contributed by atoms with Crippen LogP contribution in [0.4, 0.5) is 4.79 Å². The van der Waals surface area contributed by atoms with E-state index in [0.717, 1.165) is 12.8 Å². The van der Waals surface area contributed by atoms with Crippen molar-refractivity contribution in [1.29, 1.82) is 0 Å². The number of amides is 2. The molecule has 1 aliphatic rings. The predicted octanol–water partition coefficient (Wildman–Crippen LogP) is 1.34. The van der Waals surface area contributed by atoms with Crippen LogP contribution in [0.15, 0.2) is 0 Å². The topological polar surface area (TPSA) is 66.6 Å². The molecule has 0 aromatic rings. The van der Waals surface area contributed by atoms with Crippen molar-refractivity contribution in [3.8, 4) is 11.8 Å². The van der Waals surface area contributed by atoms with Gasteiger partial charge in [0.15, 0.2) is 0 Å². The zero-order valence-electron chi connectivity index (χ0n) is 8.36. The zero-order chi connectivity index (χ0) is 10.6. The lowest BCUT2D eigenvalue weighted by atomic mass is 10.1. The Morgan fingerprint density at radius 1 is 1.57 bits per heavy atom. The maximum atomic E-state index is 10.6. The van der Waals surface area contributed by atoms with Gasteiger partial charge in [0.05, 0.1) is 0 Å². The summed E-state index contributed by atoms with van der Waals surface area (Å²) in [6.07, 6.45) is 4.71. The molecule has 0 saturated heterocycles. The van der Waals surface area contributed by atoms with Crippen LogP contribution in [0.1, 0.15) is 32.6 Å². The first kappa shape index (κ1) is 10.9. The van der Waals surface area contributed by atoms with Crippen molar-refractivity contribution in [2.45, 2.75) is 38.6 Å². The first-order valence-corrected chi connectivity index (χ1v) is 4.90. The quantitative estimate of drug-likeness (QED) is 0.377. The number of carbonyl (C=O) groups is 1. The van der Waals surface area contributed by atoms with Crippen LogP contribution in [-0.4, -0.2) is 22.3 Å². The van der Waals surface area contributed by atoms with Crippen molar-refractivity contribution in [1.82, 2.24) is 5.06 Å². The van der Waals surface area contributed by atoms with Crippen LogP contribution < -0.4 is 5.73 Å². The molecule has 2 amide bonds. The van der Waals surface area contributed by atoms with Gasteiger partial charge in [-0.2, -0.15) is 5.06 Å². The fourth-order valence-corrected chi connectivity index (χ4v) is 1.56. The van der Waals surface area contributed by atoms with Crippen molar-refractivity contribution in [2.75, 3.05) is 0 Å². The number of urea groups is 1. The molecule has 1 rings (SSSR count). The molecule has 14 heavy (non-hydrogen) atoms. The number of nitrogens with two attached hydrogens (primary N) is 1. The van der Waals surface area contributed by atoms with E-state index in [-0.39, 0.29) is 0 Å². The second kappa shape index (κ2) is 4.87. The van der Waals surface area contributed by atoms with E-state index >= 15 is 0 Å². The van der Waals surface area contributed by atoms with Crippen LogP contribution in [0.25, 0.3) is 0 Å². The van der Waals surface area contributed by atoms with E-state index in [1.165, 1.54) is 12.8 Å². The summed E-state index contributed by atoms with van der Waals surface area (Å²) in [6, 6.07) is -1.38. The summed E-state index contributed by atoms with van der Waals surface area (Å²) in [7, 11) is 0. The van der Waals surface area contributed by atoms with Crippen molar-refractivity contribution in [3.63, 3.8) is 0 Å². The van der Waals surface area contributed by atoms with Crippen molar-refractivity contribution < 1.29 is 10.0 Å². The largest absolute Gasteiger partial charge is 0.350 e. The summed E-state index contributed by atoms with van der Waals surface area (Å²) in [5, 5.41) is 9.59. The molecule has 0 radical (unpaired) electrons. The first-order valence-electron chi connectivity index (χ1n) is 4.90. The molecule has 0 spiro atoms. The van der Waals surface area contributed by atoms with Gasteiger partial charge in [0.25, 0.3) is 0 Å². The summed E-state index contributed by atoms with van der Waals surface area (Å²) in [6.45, 7) is 1.65. The van der Waals surface area contributed by atoms with E-state index in [9.17, 15) is 4.79 Å². The molecule has 4 nitrogen and oxygen atoms in total. The Labute approximate surface area is 84.0 Å². The molecule has 0 heterocycles. The normalized spacial score (nSPS) is 18.4. The smallest absolute Gasteiger partial charge is 0.339 e. The molecule has 0 aromatic heterocycles. The lowest BCUT2D eigenvalue weighted by molar-refractivity contribution is -0.0537. The third kappa shape index (κ3) is 2.93. The molecule has 0 aromatic carbocycles. The van der Waals surface area contributed by atoms with Gasteiger partial charge in [-0.05, 0) is 19.8 Å². The number of carbonyl (C=O) groups excluding carboxylic acids is 1. The van der Waals surface area contributed by atoms with Crippen LogP contribution >= 0.6 is 0 Å². The minimum atomic E-state index is -0.863. The number of nitrogens with zero attached hydrogens (tertiary/aromatic N) is 1. The Morgan fingerprint density at radius 3 is 2.64 bits per heavy atom. The number of hydroxylamine groups is 2. The highest BCUT2D eigenvalue weighted by molar-refractivity contribution is 5.71. The van der Waals surface area contributed by atoms with Gasteiger partial charge in [-0.3, -0.25) is 5.21 Å². The second-order valence-corrected chi connectivity index (χ2v) is 3.63. The number of rotatable bonds is 1. The van der Waals surface area contributed by atoms with E-state index < -0.39 is 12.1 Å². The molecular weight excluding hydrogens is 180 g/mol. The third-order valence-electron chi connectivity index (χ3n) is 2.44. The zero-order valence-corrected chi connectivity index (χ0v) is 8.36. The lowest BCUT2D eigenvalue weighted by Gasteiger charge is -2.14. The minimum absolute atomic E-state index is 0.429. The van der Waals surface area contributed by atoms with Gasteiger partial charge in [-0.25, -0.2) is 4.79 Å². The summed E-state index contributed by atoms with van der Waals surface area (Å²) >= 11 is 0. The lowest BCUT2D eigenvalue weighted by Crippen LogP contribution is -2.38. The third-order valence-corrected chi connectivity index (χ3v) is 2.44. The maximum Gasteiger partial charge on any atom is 0.339 e. The van der Waals surface area contributed by atoms with Gasteiger partial charge >= 0.3 is 6.03 Å². The molecule has 1 aliphatic carbocycles. The van der Waals surface area contributed by atoms with E-state index in [0.29, 0.717) is 11.0 Å². The molecule has 0 bridgehead atoms. The monoisotopic (exact) mass is 196 g/mol. The molecule has 1 fully saturated rings. The van der Waals surface area contributed by atoms with Gasteiger partial charge in [0.2, 0.25) is 0 Å². The highest BCUT2D eigenvalue weighted by Crippen LogP contribution is 2.23. The highest BCUT2D eigenvalue weighted by Gasteiger charge is 2.14.